The second-order valence-corrected chi connectivity index (χ2v) is 4.67. The number of furan rings is 1. The highest BCUT2D eigenvalue weighted by Gasteiger charge is 2.13. The summed E-state index contributed by atoms with van der Waals surface area (Å²) in [7, 11) is 0. The summed E-state index contributed by atoms with van der Waals surface area (Å²) in [6, 6.07) is 10.4. The van der Waals surface area contributed by atoms with Crippen molar-refractivity contribution in [1.29, 1.82) is 0 Å². The van der Waals surface area contributed by atoms with Gasteiger partial charge in [0, 0.05) is 11.5 Å². The van der Waals surface area contributed by atoms with Gasteiger partial charge in [-0.3, -0.25) is 4.79 Å². The normalized spacial score (nSPS) is 10.7. The van der Waals surface area contributed by atoms with Crippen LogP contribution in [0.2, 0.25) is 10.4 Å². The minimum atomic E-state index is -0.438. The molecule has 0 atom stereocenters. The second kappa shape index (κ2) is 5.11. The van der Waals surface area contributed by atoms with Crippen molar-refractivity contribution in [3.63, 3.8) is 0 Å². The molecule has 0 saturated heterocycles. The minimum Gasteiger partial charge on any atom is -0.451 e. The van der Waals surface area contributed by atoms with E-state index in [1.165, 1.54) is 6.07 Å². The highest BCUT2D eigenvalue weighted by molar-refractivity contribution is 6.32. The average molecular weight is 308 g/mol. The number of anilines is 1. The van der Waals surface area contributed by atoms with Gasteiger partial charge in [-0.2, -0.15) is 0 Å². The van der Waals surface area contributed by atoms with Crippen LogP contribution in [-0.4, -0.2) is 15.9 Å². The first kappa shape index (κ1) is 12.9. The van der Waals surface area contributed by atoms with Crippen molar-refractivity contribution in [3.8, 4) is 0 Å². The van der Waals surface area contributed by atoms with Crippen molar-refractivity contribution in [2.24, 2.45) is 0 Å². The maximum Gasteiger partial charge on any atom is 0.292 e. The minimum absolute atomic E-state index is 0.0441. The lowest BCUT2D eigenvalue weighted by Crippen LogP contribution is -2.12. The third-order valence-corrected chi connectivity index (χ3v) is 2.92. The molecule has 0 aliphatic rings. The van der Waals surface area contributed by atoms with Crippen LogP contribution >= 0.6 is 23.2 Å². The van der Waals surface area contributed by atoms with E-state index in [4.69, 9.17) is 27.6 Å². The number of hydrogen-bond donors (Lipinski definition) is 1. The Morgan fingerprint density at radius 1 is 1.15 bits per heavy atom. The van der Waals surface area contributed by atoms with Crippen LogP contribution in [0.4, 0.5) is 5.82 Å². The van der Waals surface area contributed by atoms with Gasteiger partial charge in [-0.15, -0.1) is 0 Å². The number of nitrogens with zero attached hydrogens (tertiary/aromatic N) is 2. The molecule has 1 N–H and O–H groups in total. The number of rotatable bonds is 2. The molecule has 0 aliphatic heterocycles. The van der Waals surface area contributed by atoms with Gasteiger partial charge in [-0.25, -0.2) is 9.97 Å². The number of para-hydroxylation sites is 1. The third-order valence-electron chi connectivity index (χ3n) is 2.56. The van der Waals surface area contributed by atoms with Gasteiger partial charge in [-0.1, -0.05) is 29.8 Å². The van der Waals surface area contributed by atoms with Crippen LogP contribution in [0.15, 0.2) is 40.8 Å². The lowest BCUT2D eigenvalue weighted by Gasteiger charge is -2.02. The van der Waals surface area contributed by atoms with Gasteiger partial charge >= 0.3 is 0 Å². The van der Waals surface area contributed by atoms with E-state index < -0.39 is 5.91 Å². The SMILES string of the molecule is O=C(Nc1cc(Cl)nc(Cl)n1)c1cc2ccccc2o1. The lowest BCUT2D eigenvalue weighted by molar-refractivity contribution is 0.0998. The zero-order valence-electron chi connectivity index (χ0n) is 9.93. The first-order valence-electron chi connectivity index (χ1n) is 5.62. The Morgan fingerprint density at radius 3 is 2.70 bits per heavy atom. The standard InChI is InChI=1S/C13H7Cl2N3O2/c14-10-6-11(18-13(15)16-10)17-12(19)9-5-7-3-1-2-4-8(7)20-9/h1-6H,(H,16,17,18,19). The fraction of sp³-hybridized carbons (Fsp3) is 0. The number of aromatic nitrogens is 2. The van der Waals surface area contributed by atoms with Crippen LogP contribution in [0.1, 0.15) is 10.6 Å². The van der Waals surface area contributed by atoms with Gasteiger partial charge in [0.05, 0.1) is 0 Å². The molecule has 0 aliphatic carbocycles. The van der Waals surface area contributed by atoms with Gasteiger partial charge in [-0.05, 0) is 23.7 Å². The molecule has 0 radical (unpaired) electrons. The molecule has 2 aromatic heterocycles. The summed E-state index contributed by atoms with van der Waals surface area (Å²) in [5, 5.41) is 3.49. The van der Waals surface area contributed by atoms with Gasteiger partial charge < -0.3 is 9.73 Å². The van der Waals surface area contributed by atoms with Crippen molar-refractivity contribution >= 4 is 45.9 Å². The summed E-state index contributed by atoms with van der Waals surface area (Å²) < 4.78 is 5.44. The largest absolute Gasteiger partial charge is 0.451 e. The van der Waals surface area contributed by atoms with Crippen LogP contribution in [0.3, 0.4) is 0 Å². The summed E-state index contributed by atoms with van der Waals surface area (Å²) in [5.41, 5.74) is 0.636. The Morgan fingerprint density at radius 2 is 1.95 bits per heavy atom. The summed E-state index contributed by atoms with van der Waals surface area (Å²) in [6.07, 6.45) is 0. The van der Waals surface area contributed by atoms with Crippen LogP contribution in [0.5, 0.6) is 0 Å². The number of hydrogen-bond acceptors (Lipinski definition) is 4. The zero-order valence-corrected chi connectivity index (χ0v) is 11.4. The van der Waals surface area contributed by atoms with Crippen LogP contribution in [0, 0.1) is 0 Å². The van der Waals surface area contributed by atoms with Crippen molar-refractivity contribution in [2.45, 2.75) is 0 Å². The fourth-order valence-corrected chi connectivity index (χ4v) is 2.13. The molecule has 0 saturated carbocycles. The summed E-state index contributed by atoms with van der Waals surface area (Å²) in [6.45, 7) is 0. The van der Waals surface area contributed by atoms with Crippen LogP contribution in [-0.2, 0) is 0 Å². The van der Waals surface area contributed by atoms with E-state index in [0.29, 0.717) is 5.58 Å². The fourth-order valence-electron chi connectivity index (χ4n) is 1.73. The molecule has 2 heterocycles. The monoisotopic (exact) mass is 307 g/mol. The van der Waals surface area contributed by atoms with Crippen molar-refractivity contribution in [3.05, 3.63) is 52.6 Å². The molecule has 5 nitrogen and oxygen atoms in total. The molecule has 0 bridgehead atoms. The number of nitrogens with one attached hydrogen (secondary N) is 1. The van der Waals surface area contributed by atoms with Crippen LogP contribution < -0.4 is 5.32 Å². The second-order valence-electron chi connectivity index (χ2n) is 3.95. The smallest absolute Gasteiger partial charge is 0.292 e. The van der Waals surface area contributed by atoms with Crippen LogP contribution in [0.25, 0.3) is 11.0 Å². The van der Waals surface area contributed by atoms with E-state index in [1.807, 2.05) is 18.2 Å². The molecule has 1 aromatic carbocycles. The molecule has 1 amide bonds. The summed E-state index contributed by atoms with van der Waals surface area (Å²) in [5.74, 6) is -0.0513. The van der Waals surface area contributed by atoms with Gasteiger partial charge in [0.25, 0.3) is 5.91 Å². The number of amides is 1. The predicted octanol–water partition coefficient (Wildman–Crippen LogP) is 3.78. The third kappa shape index (κ3) is 2.59. The highest BCUT2D eigenvalue weighted by Crippen LogP contribution is 2.20. The van der Waals surface area contributed by atoms with Gasteiger partial charge in [0.15, 0.2) is 5.76 Å². The number of fused-ring (bicyclic) bond motifs is 1. The Hall–Kier alpha value is -2.11. The number of carbonyl (C=O) groups is 1. The Labute approximate surface area is 123 Å². The molecule has 100 valence electrons. The lowest BCUT2D eigenvalue weighted by atomic mass is 10.2. The first-order chi connectivity index (χ1) is 9.61. The molecule has 3 aromatic rings. The molecule has 7 heteroatoms. The first-order valence-corrected chi connectivity index (χ1v) is 6.37. The van der Waals surface area contributed by atoms with E-state index in [1.54, 1.807) is 12.1 Å². The zero-order chi connectivity index (χ0) is 14.1. The highest BCUT2D eigenvalue weighted by atomic mass is 35.5. The molecule has 20 heavy (non-hydrogen) atoms. The van der Waals surface area contributed by atoms with Gasteiger partial charge in [0.1, 0.15) is 16.6 Å². The summed E-state index contributed by atoms with van der Waals surface area (Å²) >= 11 is 11.4. The predicted molar refractivity (Wildman–Crippen MR) is 76.2 cm³/mol. The van der Waals surface area contributed by atoms with E-state index in [2.05, 4.69) is 15.3 Å². The maximum absolute atomic E-state index is 12.1. The molecular formula is C13H7Cl2N3O2. The van der Waals surface area contributed by atoms with Crippen molar-refractivity contribution in [1.82, 2.24) is 9.97 Å². The number of carbonyl (C=O) groups excluding carboxylic acids is 1. The topological polar surface area (TPSA) is 68.0 Å². The average Bonchev–Trinajstić information content (AvgIpc) is 2.81. The van der Waals surface area contributed by atoms with Gasteiger partial charge in [0.2, 0.25) is 5.28 Å². The molecule has 3 rings (SSSR count). The maximum atomic E-state index is 12.1. The summed E-state index contributed by atoms with van der Waals surface area (Å²) in [4.78, 5) is 19.6. The Bertz CT molecular complexity index is 748. The van der Waals surface area contributed by atoms with E-state index in [-0.39, 0.29) is 22.0 Å². The van der Waals surface area contributed by atoms with E-state index >= 15 is 0 Å². The molecule has 0 fully saturated rings. The number of benzene rings is 1. The van der Waals surface area contributed by atoms with Crippen molar-refractivity contribution < 1.29 is 9.21 Å². The molecule has 0 spiro atoms. The Balaban J connectivity index is 1.88. The molecule has 0 unspecified atom stereocenters. The Kier molecular flexibility index (Phi) is 3.30. The molecular weight excluding hydrogens is 301 g/mol. The number of halogens is 2. The van der Waals surface area contributed by atoms with E-state index in [9.17, 15) is 4.79 Å². The quantitative estimate of drug-likeness (QED) is 0.578. The van der Waals surface area contributed by atoms with E-state index in [0.717, 1.165) is 5.39 Å². The van der Waals surface area contributed by atoms with Crippen molar-refractivity contribution in [2.75, 3.05) is 5.32 Å².